The zero-order valence-electron chi connectivity index (χ0n) is 11.9. The van der Waals surface area contributed by atoms with Gasteiger partial charge < -0.3 is 19.7 Å². The van der Waals surface area contributed by atoms with Crippen LogP contribution in [0, 0.1) is 0 Å². The molecule has 1 aliphatic rings. The van der Waals surface area contributed by atoms with E-state index >= 15 is 0 Å². The molecular weight excluding hydrogens is 324 g/mol. The molecule has 2 rings (SSSR count). The van der Waals surface area contributed by atoms with Crippen LogP contribution in [-0.2, 0) is 4.74 Å². The standard InChI is InChI=1S/C13H21BrN4O2/c1-19-7-6-18(9-10-4-3-5-15-10)13-16-8-11(14)12(17-13)20-2/h8,10,15H,3-7,9H2,1-2H3. The molecule has 7 heteroatoms. The van der Waals surface area contributed by atoms with E-state index < -0.39 is 0 Å². The Morgan fingerprint density at radius 1 is 1.50 bits per heavy atom. The van der Waals surface area contributed by atoms with Crippen molar-refractivity contribution in [2.45, 2.75) is 18.9 Å². The summed E-state index contributed by atoms with van der Waals surface area (Å²) in [6.07, 6.45) is 4.15. The predicted molar refractivity (Wildman–Crippen MR) is 81.4 cm³/mol. The van der Waals surface area contributed by atoms with Gasteiger partial charge in [-0.15, -0.1) is 0 Å². The third kappa shape index (κ3) is 4.04. The lowest BCUT2D eigenvalue weighted by Crippen LogP contribution is -2.40. The molecule has 0 spiro atoms. The predicted octanol–water partition coefficient (Wildman–Crippen LogP) is 1.45. The first-order chi connectivity index (χ1) is 9.74. The Morgan fingerprint density at radius 2 is 2.35 bits per heavy atom. The van der Waals surface area contributed by atoms with Crippen LogP contribution < -0.4 is 15.0 Å². The zero-order chi connectivity index (χ0) is 14.4. The number of aromatic nitrogens is 2. The van der Waals surface area contributed by atoms with Crippen LogP contribution in [0.3, 0.4) is 0 Å². The summed E-state index contributed by atoms with van der Waals surface area (Å²) in [5.74, 6) is 1.23. The van der Waals surface area contributed by atoms with Crippen molar-refractivity contribution in [1.82, 2.24) is 15.3 Å². The van der Waals surface area contributed by atoms with Crippen molar-refractivity contribution in [2.75, 3.05) is 45.4 Å². The Bertz CT molecular complexity index is 427. The highest BCUT2D eigenvalue weighted by Crippen LogP contribution is 2.23. The Hall–Kier alpha value is -0.920. The fraction of sp³-hybridized carbons (Fsp3) is 0.692. The van der Waals surface area contributed by atoms with Gasteiger partial charge >= 0.3 is 0 Å². The number of nitrogens with zero attached hydrogens (tertiary/aromatic N) is 3. The first-order valence-corrected chi connectivity index (χ1v) is 7.57. The molecule has 1 unspecified atom stereocenters. The average Bonchev–Trinajstić information content (AvgIpc) is 2.97. The van der Waals surface area contributed by atoms with Gasteiger partial charge in [0.05, 0.1) is 24.4 Å². The van der Waals surface area contributed by atoms with E-state index in [2.05, 4.69) is 36.1 Å². The molecule has 1 fully saturated rings. The summed E-state index contributed by atoms with van der Waals surface area (Å²) in [4.78, 5) is 11.0. The minimum absolute atomic E-state index is 0.491. The van der Waals surface area contributed by atoms with E-state index in [1.165, 1.54) is 12.8 Å². The van der Waals surface area contributed by atoms with E-state index in [4.69, 9.17) is 9.47 Å². The fourth-order valence-corrected chi connectivity index (χ4v) is 2.64. The smallest absolute Gasteiger partial charge is 0.232 e. The second-order valence-electron chi connectivity index (χ2n) is 4.76. The van der Waals surface area contributed by atoms with Gasteiger partial charge in [-0.05, 0) is 35.3 Å². The van der Waals surface area contributed by atoms with Gasteiger partial charge in [-0.3, -0.25) is 0 Å². The molecule has 0 aromatic carbocycles. The van der Waals surface area contributed by atoms with Crippen molar-refractivity contribution in [3.8, 4) is 5.88 Å². The summed E-state index contributed by atoms with van der Waals surface area (Å²) in [5.41, 5.74) is 0. The number of hydrogen-bond donors (Lipinski definition) is 1. The third-order valence-corrected chi connectivity index (χ3v) is 3.89. The molecular formula is C13H21BrN4O2. The number of nitrogens with one attached hydrogen (secondary N) is 1. The molecule has 1 saturated heterocycles. The highest BCUT2D eigenvalue weighted by molar-refractivity contribution is 9.10. The molecule has 0 aliphatic carbocycles. The first kappa shape index (κ1) is 15.5. The van der Waals surface area contributed by atoms with E-state index in [1.807, 2.05) is 0 Å². The maximum Gasteiger partial charge on any atom is 0.232 e. The Kier molecular flexibility index (Phi) is 6.00. The average molecular weight is 345 g/mol. The van der Waals surface area contributed by atoms with Crippen LogP contribution in [0.4, 0.5) is 5.95 Å². The Balaban J connectivity index is 2.11. The van der Waals surface area contributed by atoms with Crippen LogP contribution in [0.15, 0.2) is 10.7 Å². The topological polar surface area (TPSA) is 59.5 Å². The van der Waals surface area contributed by atoms with Crippen molar-refractivity contribution < 1.29 is 9.47 Å². The lowest BCUT2D eigenvalue weighted by atomic mass is 10.2. The van der Waals surface area contributed by atoms with Crippen molar-refractivity contribution >= 4 is 21.9 Å². The first-order valence-electron chi connectivity index (χ1n) is 6.78. The second-order valence-corrected chi connectivity index (χ2v) is 5.61. The molecule has 1 aromatic rings. The molecule has 1 N–H and O–H groups in total. The van der Waals surface area contributed by atoms with Gasteiger partial charge in [0, 0.05) is 26.2 Å². The van der Waals surface area contributed by atoms with Crippen molar-refractivity contribution in [3.05, 3.63) is 10.7 Å². The molecule has 2 heterocycles. The van der Waals surface area contributed by atoms with Crippen LogP contribution in [-0.4, -0.2) is 56.5 Å². The molecule has 0 bridgehead atoms. The molecule has 0 amide bonds. The fourth-order valence-electron chi connectivity index (χ4n) is 2.29. The lowest BCUT2D eigenvalue weighted by molar-refractivity contribution is 0.204. The largest absolute Gasteiger partial charge is 0.480 e. The van der Waals surface area contributed by atoms with E-state index in [-0.39, 0.29) is 0 Å². The number of hydrogen-bond acceptors (Lipinski definition) is 6. The maximum atomic E-state index is 5.24. The van der Waals surface area contributed by atoms with Gasteiger partial charge in [-0.1, -0.05) is 0 Å². The molecule has 20 heavy (non-hydrogen) atoms. The molecule has 1 aliphatic heterocycles. The lowest BCUT2D eigenvalue weighted by Gasteiger charge is -2.25. The molecule has 1 aromatic heterocycles. The number of halogens is 1. The highest BCUT2D eigenvalue weighted by Gasteiger charge is 2.20. The number of ether oxygens (including phenoxy) is 2. The van der Waals surface area contributed by atoms with Gasteiger partial charge in [-0.2, -0.15) is 4.98 Å². The molecule has 6 nitrogen and oxygen atoms in total. The summed E-state index contributed by atoms with van der Waals surface area (Å²) in [7, 11) is 3.31. The summed E-state index contributed by atoms with van der Waals surface area (Å²) in [6.45, 7) is 3.38. The molecule has 1 atom stereocenters. The molecule has 112 valence electrons. The van der Waals surface area contributed by atoms with Crippen LogP contribution in [0.5, 0.6) is 5.88 Å². The monoisotopic (exact) mass is 344 g/mol. The van der Waals surface area contributed by atoms with Crippen LogP contribution in [0.25, 0.3) is 0 Å². The zero-order valence-corrected chi connectivity index (χ0v) is 13.5. The summed E-state index contributed by atoms with van der Waals surface area (Å²) in [5, 5.41) is 3.49. The molecule has 0 saturated carbocycles. The quantitative estimate of drug-likeness (QED) is 0.807. The van der Waals surface area contributed by atoms with Gasteiger partial charge in [-0.25, -0.2) is 4.98 Å². The van der Waals surface area contributed by atoms with E-state index in [9.17, 15) is 0 Å². The number of methoxy groups -OCH3 is 2. The van der Waals surface area contributed by atoms with Crippen molar-refractivity contribution in [2.24, 2.45) is 0 Å². The SMILES string of the molecule is COCCN(CC1CCCN1)c1ncc(Br)c(OC)n1. The van der Waals surface area contributed by atoms with E-state index in [0.29, 0.717) is 24.5 Å². The number of anilines is 1. The van der Waals surface area contributed by atoms with Crippen LogP contribution in [0.1, 0.15) is 12.8 Å². The second kappa shape index (κ2) is 7.75. The molecule has 0 radical (unpaired) electrons. The minimum Gasteiger partial charge on any atom is -0.480 e. The van der Waals surface area contributed by atoms with Crippen LogP contribution in [0.2, 0.25) is 0 Å². The Labute approximate surface area is 128 Å². The highest BCUT2D eigenvalue weighted by atomic mass is 79.9. The van der Waals surface area contributed by atoms with E-state index in [0.717, 1.165) is 24.1 Å². The van der Waals surface area contributed by atoms with Gasteiger partial charge in [0.15, 0.2) is 0 Å². The summed E-state index contributed by atoms with van der Waals surface area (Å²) >= 11 is 3.38. The minimum atomic E-state index is 0.491. The van der Waals surface area contributed by atoms with Gasteiger partial charge in [0.2, 0.25) is 11.8 Å². The van der Waals surface area contributed by atoms with Crippen molar-refractivity contribution in [1.29, 1.82) is 0 Å². The summed E-state index contributed by atoms with van der Waals surface area (Å²) < 4.78 is 11.2. The van der Waals surface area contributed by atoms with Gasteiger partial charge in [0.25, 0.3) is 0 Å². The third-order valence-electron chi connectivity index (χ3n) is 3.34. The van der Waals surface area contributed by atoms with Gasteiger partial charge in [0.1, 0.15) is 0 Å². The Morgan fingerprint density at radius 3 is 3.00 bits per heavy atom. The van der Waals surface area contributed by atoms with E-state index in [1.54, 1.807) is 20.4 Å². The van der Waals surface area contributed by atoms with Crippen molar-refractivity contribution in [3.63, 3.8) is 0 Å². The van der Waals surface area contributed by atoms with Crippen LogP contribution >= 0.6 is 15.9 Å². The maximum absolute atomic E-state index is 5.24. The summed E-state index contributed by atoms with van der Waals surface area (Å²) in [6, 6.07) is 0.491. The number of rotatable bonds is 7. The normalized spacial score (nSPS) is 18.2.